The third-order valence-electron chi connectivity index (χ3n) is 3.85. The van der Waals surface area contributed by atoms with Crippen LogP contribution in [0.15, 0.2) is 48.5 Å². The number of carbonyl (C=O) groups is 2. The normalized spacial score (nSPS) is 15.8. The molecular formula is C18H19N3O4. The summed E-state index contributed by atoms with van der Waals surface area (Å²) in [5, 5.41) is 4.51. The number of rotatable bonds is 4. The van der Waals surface area contributed by atoms with Crippen molar-refractivity contribution in [1.82, 2.24) is 10.4 Å². The minimum atomic E-state index is -0.685. The van der Waals surface area contributed by atoms with E-state index >= 15 is 0 Å². The number of methoxy groups -OCH3 is 1. The van der Waals surface area contributed by atoms with E-state index in [0.717, 1.165) is 5.56 Å². The Morgan fingerprint density at radius 1 is 1.20 bits per heavy atom. The van der Waals surface area contributed by atoms with Crippen molar-refractivity contribution in [1.29, 1.82) is 0 Å². The second-order valence-corrected chi connectivity index (χ2v) is 5.37. The Balaban J connectivity index is 1.96. The lowest BCUT2D eigenvalue weighted by Gasteiger charge is -2.37. The van der Waals surface area contributed by atoms with Crippen LogP contribution in [-0.2, 0) is 4.74 Å². The number of hydrazine groups is 1. The number of hydrogen-bond donors (Lipinski definition) is 2. The Labute approximate surface area is 145 Å². The molecular weight excluding hydrogens is 322 g/mol. The molecule has 7 heteroatoms. The first-order chi connectivity index (χ1) is 12.1. The van der Waals surface area contributed by atoms with Gasteiger partial charge in [0, 0.05) is 5.69 Å². The van der Waals surface area contributed by atoms with Crippen LogP contribution in [0.3, 0.4) is 0 Å². The second-order valence-electron chi connectivity index (χ2n) is 5.37. The van der Waals surface area contributed by atoms with Gasteiger partial charge in [0.2, 0.25) is 0 Å². The third-order valence-corrected chi connectivity index (χ3v) is 3.85. The zero-order valence-electron chi connectivity index (χ0n) is 14.0. The SMILES string of the molecule is CCOC(=O)NN1C(=O)c2ccccc2N[C@H]1c1ccc(OC)cc1. The zero-order valence-corrected chi connectivity index (χ0v) is 14.0. The van der Waals surface area contributed by atoms with Gasteiger partial charge in [0.1, 0.15) is 11.9 Å². The van der Waals surface area contributed by atoms with Gasteiger partial charge in [-0.25, -0.2) is 15.2 Å². The molecule has 2 N–H and O–H groups in total. The van der Waals surface area contributed by atoms with Crippen molar-refractivity contribution in [3.63, 3.8) is 0 Å². The van der Waals surface area contributed by atoms with E-state index < -0.39 is 12.3 Å². The number of ether oxygens (including phenoxy) is 2. The van der Waals surface area contributed by atoms with Gasteiger partial charge in [-0.05, 0) is 36.8 Å². The summed E-state index contributed by atoms with van der Waals surface area (Å²) < 4.78 is 10.1. The zero-order chi connectivity index (χ0) is 17.8. The topological polar surface area (TPSA) is 79.9 Å². The largest absolute Gasteiger partial charge is 0.497 e. The highest BCUT2D eigenvalue weighted by molar-refractivity contribution is 6.02. The maximum absolute atomic E-state index is 12.9. The molecule has 0 saturated heterocycles. The van der Waals surface area contributed by atoms with Crippen molar-refractivity contribution in [2.24, 2.45) is 0 Å². The van der Waals surface area contributed by atoms with Gasteiger partial charge < -0.3 is 14.8 Å². The van der Waals surface area contributed by atoms with Gasteiger partial charge >= 0.3 is 6.09 Å². The molecule has 2 aromatic carbocycles. The highest BCUT2D eigenvalue weighted by Crippen LogP contribution is 2.32. The molecule has 130 valence electrons. The lowest BCUT2D eigenvalue weighted by atomic mass is 10.0. The number of amides is 2. The van der Waals surface area contributed by atoms with Crippen molar-refractivity contribution in [3.05, 3.63) is 59.7 Å². The number of anilines is 1. The molecule has 1 heterocycles. The van der Waals surface area contributed by atoms with Crippen LogP contribution >= 0.6 is 0 Å². The Morgan fingerprint density at radius 2 is 1.92 bits per heavy atom. The van der Waals surface area contributed by atoms with Crippen LogP contribution in [0, 0.1) is 0 Å². The summed E-state index contributed by atoms with van der Waals surface area (Å²) in [6.45, 7) is 1.91. The summed E-state index contributed by atoms with van der Waals surface area (Å²) in [6.07, 6.45) is -1.26. The van der Waals surface area contributed by atoms with Crippen LogP contribution in [0.1, 0.15) is 29.0 Å². The molecule has 0 spiro atoms. The maximum atomic E-state index is 12.9. The van der Waals surface area contributed by atoms with E-state index in [-0.39, 0.29) is 12.5 Å². The Kier molecular flexibility index (Phi) is 4.74. The van der Waals surface area contributed by atoms with Crippen LogP contribution in [-0.4, -0.2) is 30.7 Å². The summed E-state index contributed by atoms with van der Waals surface area (Å²) in [4.78, 5) is 24.7. The van der Waals surface area contributed by atoms with Crippen LogP contribution in [0.25, 0.3) is 0 Å². The van der Waals surface area contributed by atoms with Gasteiger partial charge in [0.05, 0.1) is 19.3 Å². The van der Waals surface area contributed by atoms with Gasteiger partial charge in [-0.15, -0.1) is 0 Å². The van der Waals surface area contributed by atoms with E-state index in [4.69, 9.17) is 9.47 Å². The lowest BCUT2D eigenvalue weighted by molar-refractivity contribution is 0.0506. The monoisotopic (exact) mass is 341 g/mol. The molecule has 25 heavy (non-hydrogen) atoms. The molecule has 1 aliphatic heterocycles. The average Bonchev–Trinajstić information content (AvgIpc) is 2.64. The van der Waals surface area contributed by atoms with Crippen molar-refractivity contribution < 1.29 is 19.1 Å². The first-order valence-electron chi connectivity index (χ1n) is 7.90. The van der Waals surface area contributed by atoms with E-state index in [2.05, 4.69) is 10.7 Å². The summed E-state index contributed by atoms with van der Waals surface area (Å²) in [5.74, 6) is 0.388. The molecule has 0 unspecified atom stereocenters. The fourth-order valence-electron chi connectivity index (χ4n) is 2.65. The van der Waals surface area contributed by atoms with Gasteiger partial charge in [-0.2, -0.15) is 0 Å². The molecule has 0 bridgehead atoms. The average molecular weight is 341 g/mol. The van der Waals surface area contributed by atoms with Crippen molar-refractivity contribution in [3.8, 4) is 5.75 Å². The van der Waals surface area contributed by atoms with E-state index in [1.54, 1.807) is 38.3 Å². The molecule has 1 atom stereocenters. The van der Waals surface area contributed by atoms with Crippen LogP contribution in [0.2, 0.25) is 0 Å². The molecule has 0 fully saturated rings. The van der Waals surface area contributed by atoms with Gasteiger partial charge in [-0.3, -0.25) is 4.79 Å². The Hall–Kier alpha value is -3.22. The molecule has 7 nitrogen and oxygen atoms in total. The number of nitrogens with one attached hydrogen (secondary N) is 2. The summed E-state index contributed by atoms with van der Waals surface area (Å²) in [5.41, 5.74) is 4.49. The summed E-state index contributed by atoms with van der Waals surface area (Å²) in [6, 6.07) is 14.4. The Morgan fingerprint density at radius 3 is 2.60 bits per heavy atom. The number of benzene rings is 2. The first-order valence-corrected chi connectivity index (χ1v) is 7.90. The number of carbonyl (C=O) groups excluding carboxylic acids is 2. The quantitative estimate of drug-likeness (QED) is 0.894. The van der Waals surface area contributed by atoms with Crippen LogP contribution in [0.5, 0.6) is 5.75 Å². The van der Waals surface area contributed by atoms with Gasteiger partial charge in [0.15, 0.2) is 0 Å². The van der Waals surface area contributed by atoms with Crippen molar-refractivity contribution >= 4 is 17.7 Å². The van der Waals surface area contributed by atoms with Crippen molar-refractivity contribution in [2.45, 2.75) is 13.1 Å². The molecule has 0 radical (unpaired) electrons. The fourth-order valence-corrected chi connectivity index (χ4v) is 2.65. The smallest absolute Gasteiger partial charge is 0.426 e. The highest BCUT2D eigenvalue weighted by atomic mass is 16.6. The molecule has 3 rings (SSSR count). The predicted octanol–water partition coefficient (Wildman–Crippen LogP) is 2.92. The van der Waals surface area contributed by atoms with E-state index in [9.17, 15) is 9.59 Å². The van der Waals surface area contributed by atoms with Crippen LogP contribution < -0.4 is 15.5 Å². The van der Waals surface area contributed by atoms with E-state index in [1.165, 1.54) is 5.01 Å². The standard InChI is InChI=1S/C18H19N3O4/c1-3-25-18(23)20-21-16(12-8-10-13(24-2)11-9-12)19-15-7-5-4-6-14(15)17(21)22/h4-11,16,19H,3H2,1-2H3,(H,20,23)/t16-/m1/s1. The molecule has 0 aliphatic carbocycles. The van der Waals surface area contributed by atoms with Crippen molar-refractivity contribution in [2.75, 3.05) is 19.0 Å². The van der Waals surface area contributed by atoms with Crippen LogP contribution in [0.4, 0.5) is 10.5 Å². The summed E-state index contributed by atoms with van der Waals surface area (Å²) >= 11 is 0. The molecule has 2 aromatic rings. The molecule has 1 aliphatic rings. The molecule has 2 amide bonds. The number of nitrogens with zero attached hydrogens (tertiary/aromatic N) is 1. The lowest BCUT2D eigenvalue weighted by Crippen LogP contribution is -2.53. The van der Waals surface area contributed by atoms with E-state index in [1.807, 2.05) is 24.3 Å². The van der Waals surface area contributed by atoms with Gasteiger partial charge in [-0.1, -0.05) is 24.3 Å². The minimum Gasteiger partial charge on any atom is -0.497 e. The minimum absolute atomic E-state index is 0.213. The second kappa shape index (κ2) is 7.12. The first kappa shape index (κ1) is 16.6. The Bertz CT molecular complexity index is 776. The molecule has 0 aromatic heterocycles. The number of fused-ring (bicyclic) bond motifs is 1. The summed E-state index contributed by atoms with van der Waals surface area (Å²) in [7, 11) is 1.59. The highest BCUT2D eigenvalue weighted by Gasteiger charge is 2.34. The predicted molar refractivity (Wildman–Crippen MR) is 92.1 cm³/mol. The molecule has 0 saturated carbocycles. The van der Waals surface area contributed by atoms with E-state index in [0.29, 0.717) is 17.0 Å². The number of para-hydroxylation sites is 1. The maximum Gasteiger partial charge on any atom is 0.426 e. The number of hydrogen-bond acceptors (Lipinski definition) is 5. The van der Waals surface area contributed by atoms with Gasteiger partial charge in [0.25, 0.3) is 5.91 Å². The fraction of sp³-hybridized carbons (Fsp3) is 0.222. The third kappa shape index (κ3) is 3.35.